The van der Waals surface area contributed by atoms with Crippen molar-refractivity contribution in [3.8, 4) is 0 Å². The third-order valence-electron chi connectivity index (χ3n) is 3.60. The van der Waals surface area contributed by atoms with Crippen molar-refractivity contribution in [1.82, 2.24) is 10.2 Å². The quantitative estimate of drug-likeness (QED) is 0.914. The summed E-state index contributed by atoms with van der Waals surface area (Å²) in [6, 6.07) is 3.38. The van der Waals surface area contributed by atoms with Crippen LogP contribution in [0, 0.1) is 5.92 Å². The van der Waals surface area contributed by atoms with Crippen molar-refractivity contribution < 1.29 is 0 Å². The Morgan fingerprint density at radius 3 is 2.88 bits per heavy atom. The molecule has 1 fully saturated rings. The van der Waals surface area contributed by atoms with E-state index in [-0.39, 0.29) is 0 Å². The van der Waals surface area contributed by atoms with Crippen molar-refractivity contribution in [3.05, 3.63) is 20.8 Å². The number of hydrogen-bond donors (Lipinski definition) is 1. The van der Waals surface area contributed by atoms with E-state index in [0.717, 1.165) is 12.5 Å². The summed E-state index contributed by atoms with van der Waals surface area (Å²) >= 11 is 5.58. The Labute approximate surface area is 117 Å². The zero-order valence-corrected chi connectivity index (χ0v) is 13.1. The molecule has 1 aromatic rings. The smallest absolute Gasteiger partial charge is 0.0496 e. The molecule has 1 aliphatic heterocycles. The summed E-state index contributed by atoms with van der Waals surface area (Å²) < 4.78 is 1.28. The number of thiophene rings is 1. The molecular weight excluding hydrogens is 296 g/mol. The average Bonchev–Trinajstić information content (AvgIpc) is 2.84. The van der Waals surface area contributed by atoms with Crippen LogP contribution in [0.15, 0.2) is 15.9 Å². The van der Waals surface area contributed by atoms with E-state index in [9.17, 15) is 0 Å². The molecule has 0 spiro atoms. The monoisotopic (exact) mass is 316 g/mol. The summed E-state index contributed by atoms with van der Waals surface area (Å²) in [5, 5.41) is 5.53. The van der Waals surface area contributed by atoms with Gasteiger partial charge < -0.3 is 5.32 Å². The summed E-state index contributed by atoms with van der Waals surface area (Å²) in [4.78, 5) is 4.13. The highest BCUT2D eigenvalue weighted by Gasteiger charge is 2.37. The summed E-state index contributed by atoms with van der Waals surface area (Å²) in [5.74, 6) is 0.734. The van der Waals surface area contributed by atoms with Gasteiger partial charge in [0.25, 0.3) is 0 Å². The van der Waals surface area contributed by atoms with Crippen LogP contribution in [-0.2, 0) is 0 Å². The lowest BCUT2D eigenvalue weighted by atomic mass is 9.98. The van der Waals surface area contributed by atoms with Crippen LogP contribution in [0.5, 0.6) is 0 Å². The van der Waals surface area contributed by atoms with Crippen LogP contribution in [-0.4, -0.2) is 31.1 Å². The second kappa shape index (κ2) is 5.83. The van der Waals surface area contributed by atoms with E-state index in [1.807, 2.05) is 11.3 Å². The van der Waals surface area contributed by atoms with Crippen molar-refractivity contribution in [2.45, 2.75) is 32.4 Å². The van der Waals surface area contributed by atoms with Crippen molar-refractivity contribution in [2.24, 2.45) is 5.92 Å². The first kappa shape index (κ1) is 13.5. The van der Waals surface area contributed by atoms with E-state index >= 15 is 0 Å². The minimum atomic E-state index is 0.580. The molecule has 0 radical (unpaired) electrons. The summed E-state index contributed by atoms with van der Waals surface area (Å²) in [7, 11) is 2.05. The van der Waals surface area contributed by atoms with Gasteiger partial charge in [0.2, 0.25) is 0 Å². The zero-order chi connectivity index (χ0) is 12.4. The highest BCUT2D eigenvalue weighted by Crippen LogP contribution is 2.43. The van der Waals surface area contributed by atoms with Gasteiger partial charge in [-0.2, -0.15) is 0 Å². The van der Waals surface area contributed by atoms with E-state index in [1.165, 1.54) is 22.3 Å². The maximum Gasteiger partial charge on any atom is 0.0496 e. The molecule has 1 N–H and O–H groups in total. The van der Waals surface area contributed by atoms with E-state index in [2.05, 4.69) is 58.5 Å². The predicted octanol–water partition coefficient (Wildman–Crippen LogP) is 3.50. The average molecular weight is 317 g/mol. The van der Waals surface area contributed by atoms with E-state index in [0.29, 0.717) is 12.1 Å². The number of halogens is 1. The highest BCUT2D eigenvalue weighted by molar-refractivity contribution is 9.10. The van der Waals surface area contributed by atoms with E-state index in [1.54, 1.807) is 0 Å². The fourth-order valence-corrected chi connectivity index (χ4v) is 4.64. The Morgan fingerprint density at radius 2 is 2.35 bits per heavy atom. The van der Waals surface area contributed by atoms with E-state index < -0.39 is 0 Å². The third kappa shape index (κ3) is 2.75. The molecule has 0 bridgehead atoms. The van der Waals surface area contributed by atoms with Crippen LogP contribution in [0.25, 0.3) is 0 Å². The van der Waals surface area contributed by atoms with Crippen molar-refractivity contribution >= 4 is 27.3 Å². The SMILES string of the molecule is CNCC1CCN(C(C)C)C1c1sccc1Br. The van der Waals surface area contributed by atoms with Gasteiger partial charge in [-0.3, -0.25) is 4.90 Å². The topological polar surface area (TPSA) is 15.3 Å². The molecule has 0 saturated carbocycles. The summed E-state index contributed by atoms with van der Waals surface area (Å²) in [5.41, 5.74) is 0. The molecule has 17 heavy (non-hydrogen) atoms. The predicted molar refractivity (Wildman–Crippen MR) is 78.6 cm³/mol. The number of nitrogens with zero attached hydrogens (tertiary/aromatic N) is 1. The molecule has 96 valence electrons. The summed E-state index contributed by atoms with van der Waals surface area (Å²) in [6.07, 6.45) is 1.30. The van der Waals surface area contributed by atoms with Gasteiger partial charge in [-0.05, 0) is 73.7 Å². The molecule has 2 rings (SSSR count). The van der Waals surface area contributed by atoms with Gasteiger partial charge in [-0.15, -0.1) is 11.3 Å². The highest BCUT2D eigenvalue weighted by atomic mass is 79.9. The molecule has 1 saturated heterocycles. The van der Waals surface area contributed by atoms with Crippen molar-refractivity contribution in [3.63, 3.8) is 0 Å². The molecule has 1 aromatic heterocycles. The number of nitrogens with one attached hydrogen (secondary N) is 1. The molecule has 2 nitrogen and oxygen atoms in total. The zero-order valence-electron chi connectivity index (χ0n) is 10.7. The molecular formula is C13H21BrN2S. The second-order valence-electron chi connectivity index (χ2n) is 5.02. The van der Waals surface area contributed by atoms with Crippen molar-refractivity contribution in [2.75, 3.05) is 20.1 Å². The largest absolute Gasteiger partial charge is 0.319 e. The van der Waals surface area contributed by atoms with Crippen LogP contribution in [0.4, 0.5) is 0 Å². The van der Waals surface area contributed by atoms with Gasteiger partial charge >= 0.3 is 0 Å². The van der Waals surface area contributed by atoms with Crippen molar-refractivity contribution in [1.29, 1.82) is 0 Å². The van der Waals surface area contributed by atoms with Gasteiger partial charge in [0.1, 0.15) is 0 Å². The Kier molecular flexibility index (Phi) is 4.64. The van der Waals surface area contributed by atoms with Crippen LogP contribution >= 0.6 is 27.3 Å². The fourth-order valence-electron chi connectivity index (χ4n) is 2.82. The molecule has 2 atom stereocenters. The minimum Gasteiger partial charge on any atom is -0.319 e. The molecule has 2 heterocycles. The minimum absolute atomic E-state index is 0.580. The fraction of sp³-hybridized carbons (Fsp3) is 0.692. The maximum atomic E-state index is 3.69. The number of rotatable bonds is 4. The van der Waals surface area contributed by atoms with E-state index in [4.69, 9.17) is 0 Å². The molecule has 1 aliphatic rings. The molecule has 0 aromatic carbocycles. The lowest BCUT2D eigenvalue weighted by molar-refractivity contribution is 0.185. The second-order valence-corrected chi connectivity index (χ2v) is 6.82. The standard InChI is InChI=1S/C13H21BrN2S/c1-9(2)16-6-4-10(8-15-3)12(16)13-11(14)5-7-17-13/h5,7,9-10,12,15H,4,6,8H2,1-3H3. The van der Waals surface area contributed by atoms with Crippen LogP contribution in [0.3, 0.4) is 0 Å². The first-order chi connectivity index (χ1) is 8.15. The van der Waals surface area contributed by atoms with Gasteiger partial charge in [0.15, 0.2) is 0 Å². The normalized spacial score (nSPS) is 25.9. The van der Waals surface area contributed by atoms with Crippen LogP contribution in [0.1, 0.15) is 31.2 Å². The number of likely N-dealkylation sites (tertiary alicyclic amines) is 1. The van der Waals surface area contributed by atoms with Gasteiger partial charge in [-0.1, -0.05) is 0 Å². The lowest BCUT2D eigenvalue weighted by Gasteiger charge is -2.31. The van der Waals surface area contributed by atoms with Gasteiger partial charge in [0, 0.05) is 21.4 Å². The Balaban J connectivity index is 2.26. The third-order valence-corrected chi connectivity index (χ3v) is 5.55. The molecule has 4 heteroatoms. The Morgan fingerprint density at radius 1 is 1.59 bits per heavy atom. The van der Waals surface area contributed by atoms with Gasteiger partial charge in [-0.25, -0.2) is 0 Å². The maximum absolute atomic E-state index is 3.69. The van der Waals surface area contributed by atoms with Gasteiger partial charge in [0.05, 0.1) is 0 Å². The molecule has 0 aliphatic carbocycles. The Bertz CT molecular complexity index is 364. The number of hydrogen-bond acceptors (Lipinski definition) is 3. The summed E-state index contributed by atoms with van der Waals surface area (Å²) in [6.45, 7) is 6.93. The molecule has 2 unspecified atom stereocenters. The van der Waals surface area contributed by atoms with Crippen LogP contribution < -0.4 is 5.32 Å². The lowest BCUT2D eigenvalue weighted by Crippen LogP contribution is -2.33. The van der Waals surface area contributed by atoms with Crippen LogP contribution in [0.2, 0.25) is 0 Å². The Hall–Kier alpha value is 0.100. The molecule has 0 amide bonds. The first-order valence-corrected chi connectivity index (χ1v) is 7.95. The first-order valence-electron chi connectivity index (χ1n) is 6.28.